The van der Waals surface area contributed by atoms with E-state index in [2.05, 4.69) is 19.7 Å². The molecular formula is C17H20N4O6S. The van der Waals surface area contributed by atoms with Crippen molar-refractivity contribution in [1.29, 1.82) is 0 Å². The Labute approximate surface area is 165 Å². The third kappa shape index (κ3) is 5.71. The molecule has 0 saturated carbocycles. The molecule has 1 aromatic heterocycles. The molecule has 0 spiro atoms. The molecule has 0 N–H and O–H groups in total. The third-order valence-corrected chi connectivity index (χ3v) is 4.57. The summed E-state index contributed by atoms with van der Waals surface area (Å²) in [6.07, 6.45) is 1.52. The Balaban J connectivity index is 2.06. The lowest BCUT2D eigenvalue weighted by atomic mass is 10.3. The van der Waals surface area contributed by atoms with Gasteiger partial charge in [0.05, 0.1) is 27.1 Å². The van der Waals surface area contributed by atoms with Gasteiger partial charge in [0.2, 0.25) is 5.91 Å². The number of thioether (sulfide) groups is 1. The molecule has 2 aromatic rings. The minimum absolute atomic E-state index is 0.0527. The molecule has 0 bridgehead atoms. The Morgan fingerprint density at radius 1 is 1.04 bits per heavy atom. The van der Waals surface area contributed by atoms with Gasteiger partial charge >= 0.3 is 11.9 Å². The number of nitrogens with zero attached hydrogens (tertiary/aromatic N) is 4. The van der Waals surface area contributed by atoms with Crippen LogP contribution < -0.4 is 4.74 Å². The van der Waals surface area contributed by atoms with Gasteiger partial charge in [-0.15, -0.1) is 10.2 Å². The van der Waals surface area contributed by atoms with E-state index < -0.39 is 17.8 Å². The van der Waals surface area contributed by atoms with Gasteiger partial charge in [0.15, 0.2) is 5.16 Å². The number of carbonyl (C=O) groups excluding carboxylic acids is 3. The largest absolute Gasteiger partial charge is 0.497 e. The maximum Gasteiger partial charge on any atom is 0.325 e. The highest BCUT2D eigenvalue weighted by atomic mass is 32.2. The number of methoxy groups -OCH3 is 3. The summed E-state index contributed by atoms with van der Waals surface area (Å²) >= 11 is 1.13. The second-order valence-electron chi connectivity index (χ2n) is 5.37. The molecule has 2 rings (SSSR count). The van der Waals surface area contributed by atoms with Crippen molar-refractivity contribution in [2.45, 2.75) is 5.16 Å². The van der Waals surface area contributed by atoms with Crippen LogP contribution in [0.3, 0.4) is 0 Å². The minimum atomic E-state index is -0.636. The maximum absolute atomic E-state index is 12.5. The first kappa shape index (κ1) is 21.2. The molecule has 0 atom stereocenters. The first-order valence-corrected chi connectivity index (χ1v) is 9.05. The van der Waals surface area contributed by atoms with Crippen LogP contribution in [0.25, 0.3) is 5.69 Å². The lowest BCUT2D eigenvalue weighted by Gasteiger charge is -2.19. The van der Waals surface area contributed by atoms with Gasteiger partial charge in [-0.25, -0.2) is 0 Å². The van der Waals surface area contributed by atoms with Crippen molar-refractivity contribution < 1.29 is 28.6 Å². The van der Waals surface area contributed by atoms with Crippen molar-refractivity contribution in [2.24, 2.45) is 0 Å². The summed E-state index contributed by atoms with van der Waals surface area (Å²) in [5, 5.41) is 8.37. The van der Waals surface area contributed by atoms with E-state index in [4.69, 9.17) is 4.74 Å². The van der Waals surface area contributed by atoms with Crippen molar-refractivity contribution in [3.8, 4) is 11.4 Å². The van der Waals surface area contributed by atoms with Crippen LogP contribution in [0.2, 0.25) is 0 Å². The van der Waals surface area contributed by atoms with Gasteiger partial charge in [-0.3, -0.25) is 19.0 Å². The van der Waals surface area contributed by atoms with Gasteiger partial charge in [0.1, 0.15) is 25.2 Å². The first-order chi connectivity index (χ1) is 13.5. The van der Waals surface area contributed by atoms with Gasteiger partial charge in [-0.05, 0) is 24.3 Å². The van der Waals surface area contributed by atoms with Crippen molar-refractivity contribution in [3.63, 3.8) is 0 Å². The average molecular weight is 408 g/mol. The summed E-state index contributed by atoms with van der Waals surface area (Å²) in [6.45, 7) is -0.702. The molecule has 0 saturated heterocycles. The third-order valence-electron chi connectivity index (χ3n) is 3.64. The lowest BCUT2D eigenvalue weighted by molar-refractivity contribution is -0.151. The van der Waals surface area contributed by atoms with E-state index in [0.717, 1.165) is 22.3 Å². The quantitative estimate of drug-likeness (QED) is 0.433. The predicted octanol–water partition coefficient (Wildman–Crippen LogP) is 0.543. The van der Waals surface area contributed by atoms with E-state index in [1.54, 1.807) is 23.8 Å². The fraction of sp³-hybridized carbons (Fsp3) is 0.353. The van der Waals surface area contributed by atoms with Gasteiger partial charge in [-0.1, -0.05) is 11.8 Å². The van der Waals surface area contributed by atoms with Crippen LogP contribution in [0.15, 0.2) is 35.7 Å². The number of rotatable bonds is 9. The van der Waals surface area contributed by atoms with Gasteiger partial charge in [0.25, 0.3) is 0 Å². The lowest BCUT2D eigenvalue weighted by Crippen LogP contribution is -2.41. The Morgan fingerprint density at radius 2 is 1.64 bits per heavy atom. The van der Waals surface area contributed by atoms with Gasteiger partial charge in [0, 0.05) is 5.69 Å². The van der Waals surface area contributed by atoms with Crippen molar-refractivity contribution >= 4 is 29.6 Å². The number of esters is 2. The highest BCUT2D eigenvalue weighted by molar-refractivity contribution is 7.99. The number of hydrogen-bond donors (Lipinski definition) is 0. The number of aromatic nitrogens is 3. The molecule has 0 aliphatic rings. The highest BCUT2D eigenvalue weighted by Gasteiger charge is 2.22. The topological polar surface area (TPSA) is 113 Å². The van der Waals surface area contributed by atoms with Crippen LogP contribution in [0.1, 0.15) is 0 Å². The maximum atomic E-state index is 12.5. The Morgan fingerprint density at radius 3 is 2.18 bits per heavy atom. The monoisotopic (exact) mass is 408 g/mol. The van der Waals surface area contributed by atoms with Crippen molar-refractivity contribution in [3.05, 3.63) is 30.6 Å². The molecule has 0 aliphatic heterocycles. The number of benzene rings is 1. The van der Waals surface area contributed by atoms with Crippen LogP contribution in [-0.2, 0) is 23.9 Å². The first-order valence-electron chi connectivity index (χ1n) is 8.07. The molecule has 150 valence electrons. The molecule has 1 aromatic carbocycles. The second kappa shape index (κ2) is 10.3. The van der Waals surface area contributed by atoms with Crippen LogP contribution in [0, 0.1) is 0 Å². The summed E-state index contributed by atoms with van der Waals surface area (Å²) in [4.78, 5) is 36.6. The standard InChI is InChI=1S/C17H20N4O6S/c1-25-13-6-4-12(5-7-13)21-11-18-19-17(21)28-10-14(22)20(8-15(23)26-2)9-16(24)27-3/h4-7,11H,8-10H2,1-3H3. The smallest absolute Gasteiger partial charge is 0.325 e. The van der Waals surface area contributed by atoms with E-state index in [1.165, 1.54) is 20.5 Å². The fourth-order valence-corrected chi connectivity index (χ4v) is 2.97. The van der Waals surface area contributed by atoms with Gasteiger partial charge in [-0.2, -0.15) is 0 Å². The zero-order valence-corrected chi connectivity index (χ0v) is 16.5. The van der Waals surface area contributed by atoms with E-state index >= 15 is 0 Å². The molecule has 28 heavy (non-hydrogen) atoms. The molecule has 1 amide bonds. The summed E-state index contributed by atoms with van der Waals surface area (Å²) in [6, 6.07) is 7.25. The Hall–Kier alpha value is -3.08. The number of carbonyl (C=O) groups is 3. The zero-order chi connectivity index (χ0) is 20.5. The second-order valence-corrected chi connectivity index (χ2v) is 6.31. The molecule has 10 nitrogen and oxygen atoms in total. The highest BCUT2D eigenvalue weighted by Crippen LogP contribution is 2.21. The molecular weight excluding hydrogens is 388 g/mol. The summed E-state index contributed by atoms with van der Waals surface area (Å²) < 4.78 is 16.0. The molecule has 0 unspecified atom stereocenters. The molecule has 0 fully saturated rings. The average Bonchev–Trinajstić information content (AvgIpc) is 3.19. The Bertz CT molecular complexity index is 805. The SMILES string of the molecule is COC(=O)CN(CC(=O)OC)C(=O)CSc1nncn1-c1ccc(OC)cc1. The zero-order valence-electron chi connectivity index (χ0n) is 15.7. The van der Waals surface area contributed by atoms with E-state index in [1.807, 2.05) is 12.1 Å². The minimum Gasteiger partial charge on any atom is -0.497 e. The van der Waals surface area contributed by atoms with Crippen LogP contribution >= 0.6 is 11.8 Å². The van der Waals surface area contributed by atoms with E-state index in [9.17, 15) is 14.4 Å². The molecule has 11 heteroatoms. The van der Waals surface area contributed by atoms with E-state index in [0.29, 0.717) is 10.9 Å². The summed E-state index contributed by atoms with van der Waals surface area (Å²) in [5.41, 5.74) is 0.793. The predicted molar refractivity (Wildman–Crippen MR) is 99.2 cm³/mol. The van der Waals surface area contributed by atoms with Crippen LogP contribution in [0.5, 0.6) is 5.75 Å². The van der Waals surface area contributed by atoms with E-state index in [-0.39, 0.29) is 18.8 Å². The van der Waals surface area contributed by atoms with Crippen molar-refractivity contribution in [2.75, 3.05) is 40.2 Å². The normalized spacial score (nSPS) is 10.2. The fourth-order valence-electron chi connectivity index (χ4n) is 2.13. The molecule has 1 heterocycles. The number of hydrogen-bond acceptors (Lipinski definition) is 9. The number of ether oxygens (including phenoxy) is 3. The van der Waals surface area contributed by atoms with Gasteiger partial charge < -0.3 is 19.1 Å². The molecule has 0 radical (unpaired) electrons. The van der Waals surface area contributed by atoms with Crippen LogP contribution in [-0.4, -0.2) is 77.7 Å². The summed E-state index contributed by atoms with van der Waals surface area (Å²) in [7, 11) is 3.99. The number of amides is 1. The van der Waals surface area contributed by atoms with Crippen LogP contribution in [0.4, 0.5) is 0 Å². The van der Waals surface area contributed by atoms with Crippen molar-refractivity contribution in [1.82, 2.24) is 19.7 Å². The molecule has 0 aliphatic carbocycles. The summed E-state index contributed by atoms with van der Waals surface area (Å²) in [5.74, 6) is -1.05. The Kier molecular flexibility index (Phi) is 7.81.